The third-order valence-electron chi connectivity index (χ3n) is 4.15. The molecule has 0 saturated carbocycles. The van der Waals surface area contributed by atoms with Crippen molar-refractivity contribution < 1.29 is 14.3 Å². The fourth-order valence-electron chi connectivity index (χ4n) is 2.89. The molecule has 1 aliphatic rings. The number of nitrogens with zero attached hydrogens (tertiary/aromatic N) is 2. The Morgan fingerprint density at radius 3 is 2.42 bits per heavy atom. The fraction of sp³-hybridized carbons (Fsp3) is 0.556. The van der Waals surface area contributed by atoms with Gasteiger partial charge in [-0.1, -0.05) is 12.1 Å². The summed E-state index contributed by atoms with van der Waals surface area (Å²) < 4.78 is 5.65. The number of rotatable bonds is 5. The maximum atomic E-state index is 11.7. The fourth-order valence-corrected chi connectivity index (χ4v) is 2.89. The summed E-state index contributed by atoms with van der Waals surface area (Å²) in [5.74, 6) is 0.148. The van der Waals surface area contributed by atoms with Crippen LogP contribution in [0.15, 0.2) is 24.3 Å². The Bertz CT molecular complexity index is 571. The van der Waals surface area contributed by atoms with Crippen molar-refractivity contribution in [2.75, 3.05) is 26.2 Å². The van der Waals surface area contributed by atoms with Gasteiger partial charge in [-0.3, -0.25) is 14.5 Å². The summed E-state index contributed by atoms with van der Waals surface area (Å²) >= 11 is 0. The minimum atomic E-state index is -0.353. The Hall–Kier alpha value is -2.08. The zero-order valence-corrected chi connectivity index (χ0v) is 14.7. The molecule has 0 radical (unpaired) electrons. The van der Waals surface area contributed by atoms with Gasteiger partial charge in [-0.2, -0.15) is 0 Å². The van der Waals surface area contributed by atoms with Crippen molar-refractivity contribution in [1.82, 2.24) is 9.80 Å². The van der Waals surface area contributed by atoms with Gasteiger partial charge in [-0.05, 0) is 31.5 Å². The van der Waals surface area contributed by atoms with E-state index in [4.69, 9.17) is 10.5 Å². The minimum Gasteiger partial charge on any atom is -0.491 e. The standard InChI is InChI=1S/C18H27N3O3/c1-13(2)24-17-6-4-15(5-7-17)10-20-8-9-21(14(3)22)12-16(11-20)18(19)23/h4-7,13,16H,8-12H2,1-3H3,(H2,19,23)/t16-/m1/s1. The van der Waals surface area contributed by atoms with Crippen molar-refractivity contribution >= 4 is 11.8 Å². The van der Waals surface area contributed by atoms with Crippen LogP contribution in [0, 0.1) is 5.92 Å². The van der Waals surface area contributed by atoms with Crippen molar-refractivity contribution in [1.29, 1.82) is 0 Å². The van der Waals surface area contributed by atoms with Crippen molar-refractivity contribution in [3.63, 3.8) is 0 Å². The zero-order chi connectivity index (χ0) is 17.7. The van der Waals surface area contributed by atoms with Crippen LogP contribution < -0.4 is 10.5 Å². The molecular formula is C18H27N3O3. The van der Waals surface area contributed by atoms with E-state index in [1.165, 1.54) is 6.92 Å². The number of nitrogens with two attached hydrogens (primary N) is 1. The normalized spacial score (nSPS) is 19.2. The zero-order valence-electron chi connectivity index (χ0n) is 14.7. The number of hydrogen-bond acceptors (Lipinski definition) is 4. The average molecular weight is 333 g/mol. The van der Waals surface area contributed by atoms with E-state index < -0.39 is 0 Å². The maximum absolute atomic E-state index is 11.7. The summed E-state index contributed by atoms with van der Waals surface area (Å²) in [4.78, 5) is 27.2. The Balaban J connectivity index is 2.02. The van der Waals surface area contributed by atoms with Gasteiger partial charge >= 0.3 is 0 Å². The van der Waals surface area contributed by atoms with Gasteiger partial charge in [-0.15, -0.1) is 0 Å². The van der Waals surface area contributed by atoms with Crippen LogP contribution >= 0.6 is 0 Å². The van der Waals surface area contributed by atoms with Crippen LogP contribution in [0.2, 0.25) is 0 Å². The largest absolute Gasteiger partial charge is 0.491 e. The molecule has 1 aromatic rings. The van der Waals surface area contributed by atoms with Crippen LogP contribution in [0.5, 0.6) is 5.75 Å². The van der Waals surface area contributed by atoms with Crippen molar-refractivity contribution in [3.05, 3.63) is 29.8 Å². The molecule has 6 nitrogen and oxygen atoms in total. The Labute approximate surface area is 143 Å². The monoisotopic (exact) mass is 333 g/mol. The molecule has 1 atom stereocenters. The molecule has 1 saturated heterocycles. The number of primary amides is 1. The molecule has 1 aromatic carbocycles. The predicted octanol–water partition coefficient (Wildman–Crippen LogP) is 1.24. The summed E-state index contributed by atoms with van der Waals surface area (Å²) in [6, 6.07) is 7.98. The van der Waals surface area contributed by atoms with E-state index in [2.05, 4.69) is 4.90 Å². The van der Waals surface area contributed by atoms with E-state index in [1.807, 2.05) is 38.1 Å². The van der Waals surface area contributed by atoms with E-state index in [0.29, 0.717) is 19.6 Å². The van der Waals surface area contributed by atoms with Gasteiger partial charge < -0.3 is 15.4 Å². The number of ether oxygens (including phenoxy) is 1. The lowest BCUT2D eigenvalue weighted by Gasteiger charge is -2.22. The first-order valence-electron chi connectivity index (χ1n) is 8.38. The quantitative estimate of drug-likeness (QED) is 0.879. The predicted molar refractivity (Wildman–Crippen MR) is 92.4 cm³/mol. The molecule has 0 spiro atoms. The van der Waals surface area contributed by atoms with Gasteiger partial charge in [-0.25, -0.2) is 0 Å². The molecule has 1 fully saturated rings. The highest BCUT2D eigenvalue weighted by atomic mass is 16.5. The topological polar surface area (TPSA) is 75.9 Å². The second kappa shape index (κ2) is 8.15. The smallest absolute Gasteiger partial charge is 0.223 e. The lowest BCUT2D eigenvalue weighted by Crippen LogP contribution is -2.39. The molecule has 1 aliphatic heterocycles. The second-order valence-corrected chi connectivity index (χ2v) is 6.61. The summed E-state index contributed by atoms with van der Waals surface area (Å²) in [7, 11) is 0. The SMILES string of the molecule is CC(=O)N1CCN(Cc2ccc(OC(C)C)cc2)C[C@@H](C(N)=O)C1. The summed E-state index contributed by atoms with van der Waals surface area (Å²) in [6.45, 7) is 8.57. The van der Waals surface area contributed by atoms with Crippen LogP contribution in [-0.4, -0.2) is 53.9 Å². The highest BCUT2D eigenvalue weighted by molar-refractivity contribution is 5.79. The van der Waals surface area contributed by atoms with Crippen LogP contribution in [0.25, 0.3) is 0 Å². The highest BCUT2D eigenvalue weighted by Crippen LogP contribution is 2.17. The molecule has 0 bridgehead atoms. The second-order valence-electron chi connectivity index (χ2n) is 6.61. The van der Waals surface area contributed by atoms with Crippen molar-refractivity contribution in [2.45, 2.75) is 33.4 Å². The molecule has 6 heteroatoms. The lowest BCUT2D eigenvalue weighted by atomic mass is 10.1. The van der Waals surface area contributed by atoms with Gasteiger partial charge in [0.15, 0.2) is 0 Å². The number of carbonyl (C=O) groups is 2. The maximum Gasteiger partial charge on any atom is 0.223 e. The van der Waals surface area contributed by atoms with Crippen LogP contribution in [0.3, 0.4) is 0 Å². The van der Waals surface area contributed by atoms with E-state index in [9.17, 15) is 9.59 Å². The molecule has 2 amide bonds. The van der Waals surface area contributed by atoms with Crippen LogP contribution in [0.1, 0.15) is 26.3 Å². The van der Waals surface area contributed by atoms with Crippen molar-refractivity contribution in [2.24, 2.45) is 11.7 Å². The first kappa shape index (κ1) is 18.3. The third kappa shape index (κ3) is 5.23. The van der Waals surface area contributed by atoms with Crippen molar-refractivity contribution in [3.8, 4) is 5.75 Å². The third-order valence-corrected chi connectivity index (χ3v) is 4.15. The van der Waals surface area contributed by atoms with Gasteiger partial charge in [0, 0.05) is 39.6 Å². The molecule has 0 unspecified atom stereocenters. The van der Waals surface area contributed by atoms with Gasteiger partial charge in [0.1, 0.15) is 5.75 Å². The molecular weight excluding hydrogens is 306 g/mol. The molecule has 2 N–H and O–H groups in total. The van der Waals surface area contributed by atoms with E-state index in [0.717, 1.165) is 24.4 Å². The number of benzene rings is 1. The lowest BCUT2D eigenvalue weighted by molar-refractivity contribution is -0.130. The molecule has 132 valence electrons. The Morgan fingerprint density at radius 2 is 1.88 bits per heavy atom. The van der Waals surface area contributed by atoms with Crippen LogP contribution in [0.4, 0.5) is 0 Å². The van der Waals surface area contributed by atoms with Crippen LogP contribution in [-0.2, 0) is 16.1 Å². The highest BCUT2D eigenvalue weighted by Gasteiger charge is 2.27. The summed E-state index contributed by atoms with van der Waals surface area (Å²) in [5.41, 5.74) is 6.64. The van der Waals surface area contributed by atoms with E-state index in [-0.39, 0.29) is 23.8 Å². The first-order valence-corrected chi connectivity index (χ1v) is 8.38. The van der Waals surface area contributed by atoms with E-state index in [1.54, 1.807) is 4.90 Å². The molecule has 2 rings (SSSR count). The van der Waals surface area contributed by atoms with Gasteiger partial charge in [0.25, 0.3) is 0 Å². The van der Waals surface area contributed by atoms with E-state index >= 15 is 0 Å². The number of amides is 2. The number of hydrogen-bond donors (Lipinski definition) is 1. The van der Waals surface area contributed by atoms with Gasteiger partial charge in [0.05, 0.1) is 12.0 Å². The Morgan fingerprint density at radius 1 is 1.21 bits per heavy atom. The summed E-state index contributed by atoms with van der Waals surface area (Å²) in [6.07, 6.45) is 0.148. The molecule has 1 heterocycles. The molecule has 0 aliphatic carbocycles. The average Bonchev–Trinajstić information content (AvgIpc) is 2.72. The molecule has 24 heavy (non-hydrogen) atoms. The summed E-state index contributed by atoms with van der Waals surface area (Å²) in [5, 5.41) is 0. The number of carbonyl (C=O) groups excluding carboxylic acids is 2. The van der Waals surface area contributed by atoms with Gasteiger partial charge in [0.2, 0.25) is 11.8 Å². The molecule has 0 aromatic heterocycles. The Kier molecular flexibility index (Phi) is 6.20. The first-order chi connectivity index (χ1) is 11.3. The minimum absolute atomic E-state index is 0.0155.